The number of benzene rings is 2. The van der Waals surface area contributed by atoms with Gasteiger partial charge in [-0.1, -0.05) is 36.4 Å². The maximum absolute atomic E-state index is 12.4. The van der Waals surface area contributed by atoms with E-state index in [4.69, 9.17) is 0 Å². The Morgan fingerprint density at radius 3 is 2.50 bits per heavy atom. The van der Waals surface area contributed by atoms with Crippen LogP contribution in [0.15, 0.2) is 65.6 Å². The lowest BCUT2D eigenvalue weighted by molar-refractivity contribution is -0.121. The molecule has 0 saturated carbocycles. The van der Waals surface area contributed by atoms with Crippen molar-refractivity contribution in [3.63, 3.8) is 0 Å². The molecule has 0 unspecified atom stereocenters. The van der Waals surface area contributed by atoms with Crippen LogP contribution in [0.4, 0.5) is 5.69 Å². The Balaban J connectivity index is 1.18. The van der Waals surface area contributed by atoms with E-state index in [9.17, 15) is 9.59 Å². The van der Waals surface area contributed by atoms with Crippen LogP contribution in [-0.4, -0.2) is 59.9 Å². The van der Waals surface area contributed by atoms with Crippen molar-refractivity contribution in [3.8, 4) is 0 Å². The van der Waals surface area contributed by atoms with Crippen LogP contribution >= 0.6 is 0 Å². The molecule has 2 aromatic carbocycles. The second kappa shape index (κ2) is 9.54. The third kappa shape index (κ3) is 4.86. The van der Waals surface area contributed by atoms with Crippen molar-refractivity contribution < 1.29 is 4.79 Å². The molecular weight excluding hydrogens is 378 g/mol. The van der Waals surface area contributed by atoms with Gasteiger partial charge in [-0.05, 0) is 31.2 Å². The average molecular weight is 406 g/mol. The van der Waals surface area contributed by atoms with E-state index in [1.165, 1.54) is 10.4 Å². The fourth-order valence-electron chi connectivity index (χ4n) is 3.83. The van der Waals surface area contributed by atoms with E-state index in [2.05, 4.69) is 44.5 Å². The minimum atomic E-state index is -0.237. The number of carbonyl (C=O) groups is 1. The van der Waals surface area contributed by atoms with Gasteiger partial charge in [0.2, 0.25) is 5.91 Å². The first-order valence-electron chi connectivity index (χ1n) is 10.4. The highest BCUT2D eigenvalue weighted by atomic mass is 16.2. The molecule has 7 heteroatoms. The first-order chi connectivity index (χ1) is 14.7. The number of nitrogens with one attached hydrogen (secondary N) is 1. The maximum Gasteiger partial charge on any atom is 0.275 e. The van der Waals surface area contributed by atoms with Gasteiger partial charge in [0.05, 0.1) is 11.6 Å². The molecule has 156 valence electrons. The molecule has 1 saturated heterocycles. The summed E-state index contributed by atoms with van der Waals surface area (Å²) in [6, 6.07) is 17.8. The second-order valence-corrected chi connectivity index (χ2v) is 7.56. The Kier molecular flexibility index (Phi) is 6.39. The lowest BCUT2D eigenvalue weighted by atomic mass is 10.2. The predicted octanol–water partition coefficient (Wildman–Crippen LogP) is 1.72. The molecule has 1 aliphatic rings. The fraction of sp³-hybridized carbons (Fsp3) is 0.348. The molecule has 0 bridgehead atoms. The van der Waals surface area contributed by atoms with Crippen molar-refractivity contribution in [2.75, 3.05) is 44.2 Å². The van der Waals surface area contributed by atoms with Gasteiger partial charge in [-0.2, -0.15) is 5.10 Å². The van der Waals surface area contributed by atoms with E-state index in [0.29, 0.717) is 11.9 Å². The Morgan fingerprint density at radius 1 is 0.967 bits per heavy atom. The van der Waals surface area contributed by atoms with Crippen LogP contribution in [0.2, 0.25) is 0 Å². The van der Waals surface area contributed by atoms with Crippen molar-refractivity contribution in [1.29, 1.82) is 0 Å². The third-order valence-electron chi connectivity index (χ3n) is 5.52. The Labute approximate surface area is 175 Å². The highest BCUT2D eigenvalue weighted by molar-refractivity contribution is 5.81. The summed E-state index contributed by atoms with van der Waals surface area (Å²) in [6.45, 7) is 5.59. The standard InChI is InChI=1S/C23H27N5O2/c29-22(18-28-23(30)21-10-5-4-7-19(21)17-25-28)24-11-6-12-26-13-15-27(16-14-26)20-8-2-1-3-9-20/h1-5,7-10,17H,6,11-16,18H2,(H,24,29). The number of anilines is 1. The van der Waals surface area contributed by atoms with Gasteiger partial charge in [-0.15, -0.1) is 0 Å². The van der Waals surface area contributed by atoms with Gasteiger partial charge in [0.15, 0.2) is 0 Å². The normalized spacial score (nSPS) is 14.7. The summed E-state index contributed by atoms with van der Waals surface area (Å²) in [7, 11) is 0. The molecular formula is C23H27N5O2. The molecule has 2 heterocycles. The smallest absolute Gasteiger partial charge is 0.275 e. The topological polar surface area (TPSA) is 70.5 Å². The van der Waals surface area contributed by atoms with Gasteiger partial charge in [-0.3, -0.25) is 14.5 Å². The first-order valence-corrected chi connectivity index (χ1v) is 10.4. The molecule has 1 N–H and O–H groups in total. The van der Waals surface area contributed by atoms with Gasteiger partial charge in [0.1, 0.15) is 6.54 Å². The SMILES string of the molecule is O=C(Cn1ncc2ccccc2c1=O)NCCCN1CCN(c2ccccc2)CC1. The monoisotopic (exact) mass is 405 g/mol. The van der Waals surface area contributed by atoms with E-state index < -0.39 is 0 Å². The number of fused-ring (bicyclic) bond motifs is 1. The number of amides is 1. The zero-order valence-electron chi connectivity index (χ0n) is 17.0. The van der Waals surface area contributed by atoms with Crippen molar-refractivity contribution >= 4 is 22.4 Å². The quantitative estimate of drug-likeness (QED) is 0.606. The van der Waals surface area contributed by atoms with Gasteiger partial charge in [0, 0.05) is 43.8 Å². The largest absolute Gasteiger partial charge is 0.369 e. The van der Waals surface area contributed by atoms with E-state index in [1.54, 1.807) is 12.3 Å². The number of hydrogen-bond donors (Lipinski definition) is 1. The summed E-state index contributed by atoms with van der Waals surface area (Å²) >= 11 is 0. The summed E-state index contributed by atoms with van der Waals surface area (Å²) in [5, 5.41) is 8.38. The van der Waals surface area contributed by atoms with Gasteiger partial charge >= 0.3 is 0 Å². The van der Waals surface area contributed by atoms with E-state index in [1.807, 2.05) is 24.3 Å². The van der Waals surface area contributed by atoms with Crippen LogP contribution < -0.4 is 15.8 Å². The minimum absolute atomic E-state index is 0.0561. The van der Waals surface area contributed by atoms with E-state index >= 15 is 0 Å². The molecule has 1 aliphatic heterocycles. The zero-order valence-corrected chi connectivity index (χ0v) is 17.0. The van der Waals surface area contributed by atoms with Crippen molar-refractivity contribution in [2.45, 2.75) is 13.0 Å². The van der Waals surface area contributed by atoms with Crippen LogP contribution in [0, 0.1) is 0 Å². The highest BCUT2D eigenvalue weighted by Crippen LogP contribution is 2.15. The first kappa shape index (κ1) is 20.1. The molecule has 0 spiro atoms. The van der Waals surface area contributed by atoms with Crippen LogP contribution in [-0.2, 0) is 11.3 Å². The molecule has 30 heavy (non-hydrogen) atoms. The number of nitrogens with zero attached hydrogens (tertiary/aromatic N) is 4. The molecule has 0 aliphatic carbocycles. The molecule has 0 radical (unpaired) electrons. The van der Waals surface area contributed by atoms with Crippen molar-refractivity contribution in [1.82, 2.24) is 20.0 Å². The van der Waals surface area contributed by atoms with Gasteiger partial charge in [0.25, 0.3) is 5.56 Å². The molecule has 1 aromatic heterocycles. The van der Waals surface area contributed by atoms with Crippen LogP contribution in [0.3, 0.4) is 0 Å². The van der Waals surface area contributed by atoms with Crippen LogP contribution in [0.5, 0.6) is 0 Å². The molecule has 4 rings (SSSR count). The lowest BCUT2D eigenvalue weighted by Gasteiger charge is -2.36. The molecule has 0 atom stereocenters. The summed E-state index contributed by atoms with van der Waals surface area (Å²) < 4.78 is 1.22. The zero-order chi connectivity index (χ0) is 20.8. The van der Waals surface area contributed by atoms with E-state index in [-0.39, 0.29) is 18.0 Å². The van der Waals surface area contributed by atoms with Gasteiger partial charge in [-0.25, -0.2) is 4.68 Å². The maximum atomic E-state index is 12.4. The number of hydrogen-bond acceptors (Lipinski definition) is 5. The van der Waals surface area contributed by atoms with Gasteiger partial charge < -0.3 is 10.2 Å². The molecule has 7 nitrogen and oxygen atoms in total. The Hall–Kier alpha value is -3.19. The molecule has 3 aromatic rings. The Bertz CT molecular complexity index is 1040. The van der Waals surface area contributed by atoms with Crippen LogP contribution in [0.1, 0.15) is 6.42 Å². The summed E-state index contributed by atoms with van der Waals surface area (Å²) in [5.41, 5.74) is 1.04. The number of rotatable bonds is 7. The summed E-state index contributed by atoms with van der Waals surface area (Å²) in [4.78, 5) is 29.5. The lowest BCUT2D eigenvalue weighted by Crippen LogP contribution is -2.47. The number of carbonyl (C=O) groups excluding carboxylic acids is 1. The summed E-state index contributed by atoms with van der Waals surface area (Å²) in [6.07, 6.45) is 2.51. The molecule has 1 fully saturated rings. The minimum Gasteiger partial charge on any atom is -0.369 e. The number of piperazine rings is 1. The summed E-state index contributed by atoms with van der Waals surface area (Å²) in [5.74, 6) is -0.186. The third-order valence-corrected chi connectivity index (χ3v) is 5.52. The number of aromatic nitrogens is 2. The van der Waals surface area contributed by atoms with Crippen molar-refractivity contribution in [2.24, 2.45) is 0 Å². The number of para-hydroxylation sites is 1. The highest BCUT2D eigenvalue weighted by Gasteiger charge is 2.16. The van der Waals surface area contributed by atoms with Crippen LogP contribution in [0.25, 0.3) is 10.8 Å². The second-order valence-electron chi connectivity index (χ2n) is 7.56. The predicted molar refractivity (Wildman–Crippen MR) is 119 cm³/mol. The average Bonchev–Trinajstić information content (AvgIpc) is 2.80. The van der Waals surface area contributed by atoms with E-state index in [0.717, 1.165) is 44.5 Å². The van der Waals surface area contributed by atoms with Crippen molar-refractivity contribution in [3.05, 3.63) is 71.1 Å². The molecule has 1 amide bonds. The Morgan fingerprint density at radius 2 is 1.70 bits per heavy atom. The fourth-order valence-corrected chi connectivity index (χ4v) is 3.83.